The van der Waals surface area contributed by atoms with Crippen molar-refractivity contribution < 1.29 is 21.6 Å². The van der Waals surface area contributed by atoms with E-state index >= 15 is 0 Å². The predicted octanol–water partition coefficient (Wildman–Crippen LogP) is 5.18. The number of H-pyrrole nitrogens is 1. The smallest absolute Gasteiger partial charge is 0.338 e. The number of aromatic nitrogens is 3. The minimum absolute atomic E-state index is 0.0689. The zero-order chi connectivity index (χ0) is 21.2. The second-order valence-electron chi connectivity index (χ2n) is 6.44. The molecule has 10 heteroatoms. The lowest BCUT2D eigenvalue weighted by atomic mass is 10.1. The summed E-state index contributed by atoms with van der Waals surface area (Å²) in [5, 5.41) is -0.0689. The molecule has 0 spiro atoms. The molecule has 0 amide bonds. The standard InChI is InChI=1S/C19H17ClF3N3O2S/c1-2-3-15-8-13(6-7-24-15)18-25-10-17(26-18)12-4-5-14(16(20)9-12)11-29(27,28)19(21,22)23/h4-10H,2-3,11H2,1H3,(H,25,26). The molecular formula is C19H17ClF3N3O2S. The first-order chi connectivity index (χ1) is 13.6. The van der Waals surface area contributed by atoms with Gasteiger partial charge in [0.05, 0.1) is 17.6 Å². The molecule has 0 atom stereocenters. The van der Waals surface area contributed by atoms with Gasteiger partial charge >= 0.3 is 5.51 Å². The Hall–Kier alpha value is -2.39. The molecule has 1 N–H and O–H groups in total. The van der Waals surface area contributed by atoms with Gasteiger partial charge in [0.15, 0.2) is 0 Å². The van der Waals surface area contributed by atoms with E-state index in [1.807, 2.05) is 12.1 Å². The van der Waals surface area contributed by atoms with Gasteiger partial charge in [-0.2, -0.15) is 13.2 Å². The monoisotopic (exact) mass is 443 g/mol. The van der Waals surface area contributed by atoms with E-state index in [4.69, 9.17) is 11.6 Å². The van der Waals surface area contributed by atoms with Gasteiger partial charge in [-0.1, -0.05) is 37.1 Å². The topological polar surface area (TPSA) is 75.7 Å². The first kappa shape index (κ1) is 21.3. The largest absolute Gasteiger partial charge is 0.497 e. The number of sulfone groups is 1. The SMILES string of the molecule is CCCc1cc(-c2ncc(-c3ccc(CS(=O)(=O)C(F)(F)F)c(Cl)c3)[nH]2)ccn1. The van der Waals surface area contributed by atoms with Crippen LogP contribution in [0.15, 0.2) is 42.7 Å². The molecule has 0 bridgehead atoms. The maximum atomic E-state index is 12.6. The molecule has 0 radical (unpaired) electrons. The number of nitrogens with zero attached hydrogens (tertiary/aromatic N) is 2. The zero-order valence-electron chi connectivity index (χ0n) is 15.3. The Bertz CT molecular complexity index is 1130. The fourth-order valence-electron chi connectivity index (χ4n) is 2.75. The summed E-state index contributed by atoms with van der Waals surface area (Å²) < 4.78 is 60.5. The molecule has 0 unspecified atom stereocenters. The molecule has 3 aromatic rings. The first-order valence-electron chi connectivity index (χ1n) is 8.69. The Morgan fingerprint density at radius 1 is 1.10 bits per heavy atom. The van der Waals surface area contributed by atoms with Crippen LogP contribution in [0.2, 0.25) is 5.02 Å². The molecule has 2 heterocycles. The molecule has 0 aliphatic carbocycles. The highest BCUT2D eigenvalue weighted by molar-refractivity contribution is 7.91. The zero-order valence-corrected chi connectivity index (χ0v) is 16.9. The molecular weight excluding hydrogens is 427 g/mol. The van der Waals surface area contributed by atoms with Crippen LogP contribution in [0.5, 0.6) is 0 Å². The highest BCUT2D eigenvalue weighted by Gasteiger charge is 2.45. The number of hydrogen-bond donors (Lipinski definition) is 1. The number of alkyl halides is 3. The average Bonchev–Trinajstić information content (AvgIpc) is 3.13. The highest BCUT2D eigenvalue weighted by Crippen LogP contribution is 2.31. The number of aromatic amines is 1. The second-order valence-corrected chi connectivity index (χ2v) is 8.83. The second kappa shape index (κ2) is 8.16. The van der Waals surface area contributed by atoms with Crippen molar-refractivity contribution in [3.05, 3.63) is 59.0 Å². The molecule has 154 valence electrons. The highest BCUT2D eigenvalue weighted by atomic mass is 35.5. The minimum atomic E-state index is -5.32. The fraction of sp³-hybridized carbons (Fsp3) is 0.263. The lowest BCUT2D eigenvalue weighted by molar-refractivity contribution is -0.0437. The van der Waals surface area contributed by atoms with Crippen LogP contribution in [-0.4, -0.2) is 28.9 Å². The van der Waals surface area contributed by atoms with Crippen molar-refractivity contribution in [2.75, 3.05) is 0 Å². The van der Waals surface area contributed by atoms with Crippen molar-refractivity contribution >= 4 is 21.4 Å². The van der Waals surface area contributed by atoms with Crippen LogP contribution in [0, 0.1) is 0 Å². The van der Waals surface area contributed by atoms with Gasteiger partial charge in [-0.3, -0.25) is 4.98 Å². The van der Waals surface area contributed by atoms with Gasteiger partial charge in [-0.25, -0.2) is 13.4 Å². The Morgan fingerprint density at radius 2 is 1.86 bits per heavy atom. The van der Waals surface area contributed by atoms with Gasteiger partial charge in [0.2, 0.25) is 0 Å². The third-order valence-corrected chi connectivity index (χ3v) is 5.98. The number of pyridine rings is 1. The third kappa shape index (κ3) is 4.79. The van der Waals surface area contributed by atoms with Gasteiger partial charge in [0.1, 0.15) is 5.82 Å². The van der Waals surface area contributed by atoms with E-state index in [9.17, 15) is 21.6 Å². The van der Waals surface area contributed by atoms with E-state index in [0.29, 0.717) is 17.1 Å². The van der Waals surface area contributed by atoms with Crippen LogP contribution >= 0.6 is 11.6 Å². The quantitative estimate of drug-likeness (QED) is 0.569. The van der Waals surface area contributed by atoms with Gasteiger partial charge in [-0.15, -0.1) is 0 Å². The summed E-state index contributed by atoms with van der Waals surface area (Å²) in [7, 11) is -5.30. The Balaban J connectivity index is 1.86. The predicted molar refractivity (Wildman–Crippen MR) is 105 cm³/mol. The van der Waals surface area contributed by atoms with E-state index in [1.54, 1.807) is 12.4 Å². The van der Waals surface area contributed by atoms with Crippen LogP contribution in [0.3, 0.4) is 0 Å². The van der Waals surface area contributed by atoms with E-state index in [1.165, 1.54) is 18.2 Å². The number of aryl methyl sites for hydroxylation is 1. The maximum absolute atomic E-state index is 12.6. The molecule has 1 aromatic carbocycles. The average molecular weight is 444 g/mol. The molecule has 0 saturated carbocycles. The van der Waals surface area contributed by atoms with Crippen molar-refractivity contribution in [1.82, 2.24) is 15.0 Å². The molecule has 0 aliphatic rings. The maximum Gasteiger partial charge on any atom is 0.497 e. The molecule has 29 heavy (non-hydrogen) atoms. The van der Waals surface area contributed by atoms with Gasteiger partial charge in [0, 0.05) is 28.0 Å². The molecule has 3 rings (SSSR count). The first-order valence-corrected chi connectivity index (χ1v) is 10.7. The lowest BCUT2D eigenvalue weighted by Gasteiger charge is -2.10. The van der Waals surface area contributed by atoms with Crippen molar-refractivity contribution in [2.24, 2.45) is 0 Å². The normalized spacial score (nSPS) is 12.3. The number of benzene rings is 1. The Kier molecular flexibility index (Phi) is 6.00. The van der Waals surface area contributed by atoms with Crippen molar-refractivity contribution in [1.29, 1.82) is 0 Å². The summed E-state index contributed by atoms with van der Waals surface area (Å²) in [5.74, 6) is -0.597. The van der Waals surface area contributed by atoms with E-state index in [0.717, 1.165) is 24.1 Å². The summed E-state index contributed by atoms with van der Waals surface area (Å²) in [4.78, 5) is 11.8. The third-order valence-electron chi connectivity index (χ3n) is 4.23. The van der Waals surface area contributed by atoms with Crippen molar-refractivity contribution in [2.45, 2.75) is 31.0 Å². The van der Waals surface area contributed by atoms with E-state index < -0.39 is 21.1 Å². The summed E-state index contributed by atoms with van der Waals surface area (Å²) in [6, 6.07) is 7.94. The van der Waals surface area contributed by atoms with Gasteiger partial charge < -0.3 is 4.98 Å². The Labute approximate surface area is 170 Å². The molecule has 5 nitrogen and oxygen atoms in total. The molecule has 0 aliphatic heterocycles. The summed E-state index contributed by atoms with van der Waals surface area (Å²) in [6.45, 7) is 2.06. The number of rotatable bonds is 6. The van der Waals surface area contributed by atoms with Gasteiger partial charge in [-0.05, 0) is 30.2 Å². The Morgan fingerprint density at radius 3 is 2.52 bits per heavy atom. The summed E-state index contributed by atoms with van der Waals surface area (Å²) >= 11 is 6.04. The minimum Gasteiger partial charge on any atom is -0.338 e. The van der Waals surface area contributed by atoms with Crippen molar-refractivity contribution in [3.8, 4) is 22.6 Å². The fourth-order valence-corrected chi connectivity index (χ4v) is 3.90. The van der Waals surface area contributed by atoms with Crippen LogP contribution in [0.1, 0.15) is 24.6 Å². The van der Waals surface area contributed by atoms with Crippen LogP contribution < -0.4 is 0 Å². The number of halogens is 4. The van der Waals surface area contributed by atoms with E-state index in [-0.39, 0.29) is 10.6 Å². The number of imidazole rings is 1. The summed E-state index contributed by atoms with van der Waals surface area (Å²) in [5.41, 5.74) is -2.47. The van der Waals surface area contributed by atoms with Crippen LogP contribution in [-0.2, 0) is 22.0 Å². The molecule has 0 fully saturated rings. The van der Waals surface area contributed by atoms with Crippen molar-refractivity contribution in [3.63, 3.8) is 0 Å². The lowest BCUT2D eigenvalue weighted by Crippen LogP contribution is -2.24. The molecule has 2 aromatic heterocycles. The molecule has 0 saturated heterocycles. The van der Waals surface area contributed by atoms with Crippen LogP contribution in [0.4, 0.5) is 13.2 Å². The van der Waals surface area contributed by atoms with Crippen LogP contribution in [0.25, 0.3) is 22.6 Å². The number of hydrogen-bond acceptors (Lipinski definition) is 4. The number of nitrogens with one attached hydrogen (secondary N) is 1. The summed E-state index contributed by atoms with van der Waals surface area (Å²) in [6.07, 6.45) is 5.09. The van der Waals surface area contributed by atoms with E-state index in [2.05, 4.69) is 21.9 Å². The van der Waals surface area contributed by atoms with Gasteiger partial charge in [0.25, 0.3) is 9.84 Å².